The molecule has 0 bridgehead atoms. The van der Waals surface area contributed by atoms with Gasteiger partial charge in [0.2, 0.25) is 6.29 Å². The lowest BCUT2D eigenvalue weighted by Gasteiger charge is -2.37. The summed E-state index contributed by atoms with van der Waals surface area (Å²) in [6.45, 7) is 7.36. The number of aromatic nitrogens is 6. The van der Waals surface area contributed by atoms with E-state index in [0.717, 1.165) is 48.2 Å². The fourth-order valence-electron chi connectivity index (χ4n) is 8.63. The van der Waals surface area contributed by atoms with Crippen LogP contribution in [-0.2, 0) is 45.2 Å². The van der Waals surface area contributed by atoms with Gasteiger partial charge in [-0.05, 0) is 74.4 Å². The van der Waals surface area contributed by atoms with Gasteiger partial charge in [-0.2, -0.15) is 10.2 Å². The largest absolute Gasteiger partial charge is 0.749 e. The van der Waals surface area contributed by atoms with Crippen LogP contribution in [0.3, 0.4) is 0 Å². The fourth-order valence-corrected chi connectivity index (χ4v) is 9.09. The molecule has 5 aromatic rings. The number of piperazine rings is 1. The van der Waals surface area contributed by atoms with Crippen LogP contribution < -0.4 is 41.3 Å². The van der Waals surface area contributed by atoms with Crippen LogP contribution in [0.5, 0.6) is 5.75 Å². The molecular weight excluding hydrogens is 982 g/mol. The number of rotatable bonds is 20. The number of anilines is 2. The molecule has 2 aromatic heterocycles. The van der Waals surface area contributed by atoms with Gasteiger partial charge < -0.3 is 48.6 Å². The monoisotopic (exact) mass is 1040 g/mol. The summed E-state index contributed by atoms with van der Waals surface area (Å²) < 4.78 is 72.8. The molecule has 0 saturated carbocycles. The van der Waals surface area contributed by atoms with Crippen LogP contribution in [0, 0.1) is 17.6 Å². The summed E-state index contributed by atoms with van der Waals surface area (Å²) in [4.78, 5) is 79.0. The number of esters is 1. The van der Waals surface area contributed by atoms with Gasteiger partial charge in [-0.15, -0.1) is 0 Å². The second-order valence-electron chi connectivity index (χ2n) is 17.5. The van der Waals surface area contributed by atoms with Crippen molar-refractivity contribution in [2.75, 3.05) is 69.3 Å². The van der Waals surface area contributed by atoms with E-state index in [1.54, 1.807) is 23.6 Å². The topological polar surface area (TPSA) is 288 Å². The third-order valence-electron chi connectivity index (χ3n) is 12.3. The summed E-state index contributed by atoms with van der Waals surface area (Å²) in [5, 5.41) is 12.3. The zero-order valence-corrected chi connectivity index (χ0v) is 41.3. The van der Waals surface area contributed by atoms with Crippen molar-refractivity contribution in [3.05, 3.63) is 113 Å². The number of nitrogens with one attached hydrogen (secondary N) is 2. The Bertz CT molecular complexity index is 2840. The molecule has 2 fully saturated rings. The van der Waals surface area contributed by atoms with Gasteiger partial charge in [0, 0.05) is 62.0 Å². The summed E-state index contributed by atoms with van der Waals surface area (Å²) in [5.41, 5.74) is 6.79. The predicted molar refractivity (Wildman–Crippen MR) is 254 cm³/mol. The molecule has 2 unspecified atom stereocenters. The number of halogens is 2. The number of hydrogen-bond donors (Lipinski definition) is 4. The first-order valence-electron chi connectivity index (χ1n) is 23.2. The van der Waals surface area contributed by atoms with E-state index in [1.165, 1.54) is 54.3 Å². The van der Waals surface area contributed by atoms with Gasteiger partial charge in [0.05, 0.1) is 38.5 Å². The Balaban J connectivity index is 0.845. The maximum Gasteiger partial charge on any atom is 0.511 e. The highest BCUT2D eigenvalue weighted by Gasteiger charge is 2.45. The first-order chi connectivity index (χ1) is 34.8. The van der Waals surface area contributed by atoms with Crippen molar-refractivity contribution in [2.24, 2.45) is 11.7 Å². The van der Waals surface area contributed by atoms with Crippen molar-refractivity contribution in [1.29, 1.82) is 0 Å². The molecule has 0 spiro atoms. The van der Waals surface area contributed by atoms with Crippen molar-refractivity contribution in [2.45, 2.75) is 64.2 Å². The van der Waals surface area contributed by atoms with E-state index >= 15 is 4.39 Å². The van der Waals surface area contributed by atoms with Crippen LogP contribution >= 0.6 is 7.75 Å². The molecule has 7 rings (SSSR count). The van der Waals surface area contributed by atoms with Crippen molar-refractivity contribution < 1.29 is 65.8 Å². The molecule has 27 heteroatoms. The first kappa shape index (κ1) is 53.4. The number of likely N-dealkylation sites (N-methyl/N-ethyl adjacent to an activating group) is 1. The molecule has 4 heterocycles. The van der Waals surface area contributed by atoms with Gasteiger partial charge in [-0.3, -0.25) is 24.5 Å². The van der Waals surface area contributed by atoms with Crippen LogP contribution in [0.2, 0.25) is 0 Å². The molecule has 0 aliphatic carbocycles. The van der Waals surface area contributed by atoms with E-state index in [2.05, 4.69) is 30.3 Å². The molecule has 2 aliphatic rings. The number of carbonyl (C=O) groups excluding carboxylic acids is 3. The van der Waals surface area contributed by atoms with Gasteiger partial charge in [0.25, 0.3) is 13.7 Å². The number of benzene rings is 3. The lowest BCUT2D eigenvalue weighted by Crippen LogP contribution is -2.46. The van der Waals surface area contributed by atoms with Gasteiger partial charge in [-0.1, -0.05) is 13.0 Å². The number of amides is 1. The zero-order valence-electron chi connectivity index (χ0n) is 40.4. The average molecular weight is 1040 g/mol. The number of nitrogens with zero attached hydrogens (tertiary/aromatic N) is 9. The maximum atomic E-state index is 15.1. The minimum absolute atomic E-state index is 0.0611. The van der Waals surface area contributed by atoms with E-state index in [0.29, 0.717) is 37.5 Å². The Labute approximate surface area is 417 Å². The zero-order chi connectivity index (χ0) is 52.5. The molecule has 24 nitrogen and oxygen atoms in total. The van der Waals surface area contributed by atoms with E-state index in [1.807, 2.05) is 48.5 Å². The van der Waals surface area contributed by atoms with Crippen molar-refractivity contribution in [1.82, 2.24) is 39.5 Å². The van der Waals surface area contributed by atoms with E-state index in [9.17, 15) is 33.0 Å². The van der Waals surface area contributed by atoms with Gasteiger partial charge in [-0.25, -0.2) is 42.4 Å². The Hall–Kier alpha value is -7.41. The summed E-state index contributed by atoms with van der Waals surface area (Å²) in [6.07, 6.45) is 1.57. The summed E-state index contributed by atoms with van der Waals surface area (Å²) in [7, 11) is -3.69. The summed E-state index contributed by atoms with van der Waals surface area (Å²) in [5.74, 6) is -2.99. The van der Waals surface area contributed by atoms with Crippen LogP contribution in [0.1, 0.15) is 45.2 Å². The SMILES string of the molecule is CC[C@@H]([C@H](C)OC(=O)OC(C)OC(=O)CNC(=O)C[N+](C)=C(N)NP(=O)([O-])O)n1ncn(-c2ccc(N3CCN(c4ccc(OC[C@@H]5CO[C@@](Cn6cncn6)(c6ccc(F)cc6F)C5)cc4)CC3)cc2)c1=O. The van der Waals surface area contributed by atoms with Crippen molar-refractivity contribution in [3.8, 4) is 11.4 Å². The molecule has 6 atom stereocenters. The van der Waals surface area contributed by atoms with Crippen molar-refractivity contribution in [3.63, 3.8) is 0 Å². The number of carbonyl (C=O) groups is 3. The predicted octanol–water partition coefficient (Wildman–Crippen LogP) is 1.75. The minimum Gasteiger partial charge on any atom is -0.749 e. The van der Waals surface area contributed by atoms with Crippen LogP contribution in [0.4, 0.5) is 25.0 Å². The quantitative estimate of drug-likeness (QED) is 0.0216. The molecule has 0 radical (unpaired) electrons. The Morgan fingerprint density at radius 1 is 0.973 bits per heavy atom. The average Bonchev–Trinajstić information content (AvgIpc) is 4.11. The normalized spacial score (nSPS) is 19.2. The van der Waals surface area contributed by atoms with Crippen LogP contribution in [0.25, 0.3) is 5.69 Å². The standard InChI is InChI=1S/C46H57F2N12O12P/c1-5-40(30(2)70-45(64)72-31(3)71-42(62)22-51-41(61)23-55(4)43(49)54-73(65,66)67)60-44(63)59(29-53-60)36-9-7-34(8-10-36)56-16-18-57(19-17-56)35-11-13-37(14-12-35)68-24-32-21-46(69-25-32,26-58-28-50-27-52-58)38-15-6-33(47)20-39(38)48/h6-15,20,27-32,40H,5,16-19,21-26H2,1-4H3,(H5,49,51,54,61,65,66,67)/t30-,31?,32+,40-,46-/m0/s1. The number of ether oxygens (including phenoxy) is 5. The smallest absolute Gasteiger partial charge is 0.511 e. The molecule has 2 saturated heterocycles. The summed E-state index contributed by atoms with van der Waals surface area (Å²) in [6, 6.07) is 18.2. The van der Waals surface area contributed by atoms with Gasteiger partial charge in [0.1, 0.15) is 61.2 Å². The molecular formula is C46H57F2N12O12P. The van der Waals surface area contributed by atoms with Gasteiger partial charge in [0.15, 0.2) is 0 Å². The molecule has 1 amide bonds. The first-order valence-corrected chi connectivity index (χ1v) is 24.8. The van der Waals surface area contributed by atoms with E-state index < -0.39 is 86.2 Å². The Kier molecular flexibility index (Phi) is 17.1. The molecule has 2 aliphatic heterocycles. The highest BCUT2D eigenvalue weighted by Crippen LogP contribution is 2.42. The third kappa shape index (κ3) is 14.0. The molecule has 73 heavy (non-hydrogen) atoms. The second-order valence-corrected chi connectivity index (χ2v) is 18.8. The minimum atomic E-state index is -4.94. The Morgan fingerprint density at radius 3 is 2.25 bits per heavy atom. The number of nitrogens with two attached hydrogens (primary N) is 1. The fraction of sp³-hybridized carbons (Fsp3) is 0.435. The lowest BCUT2D eigenvalue weighted by molar-refractivity contribution is -0.488. The van der Waals surface area contributed by atoms with E-state index in [4.69, 9.17) is 34.3 Å². The van der Waals surface area contributed by atoms with Crippen LogP contribution in [0.15, 0.2) is 90.5 Å². The molecule has 3 aromatic carbocycles. The second kappa shape index (κ2) is 23.4. The van der Waals surface area contributed by atoms with Crippen molar-refractivity contribution >= 4 is 43.1 Å². The van der Waals surface area contributed by atoms with Crippen LogP contribution in [-0.4, -0.2) is 134 Å². The third-order valence-corrected chi connectivity index (χ3v) is 12.8. The maximum absolute atomic E-state index is 15.1. The van der Waals surface area contributed by atoms with E-state index in [-0.39, 0.29) is 18.0 Å². The number of guanidine groups is 1. The molecule has 392 valence electrons. The lowest BCUT2D eigenvalue weighted by atomic mass is 9.87. The van der Waals surface area contributed by atoms with Gasteiger partial charge >= 0.3 is 23.8 Å². The highest BCUT2D eigenvalue weighted by atomic mass is 31.2. The summed E-state index contributed by atoms with van der Waals surface area (Å²) >= 11 is 0. The highest BCUT2D eigenvalue weighted by molar-refractivity contribution is 7.48. The Morgan fingerprint density at radius 2 is 1.63 bits per heavy atom. The molecule has 5 N–H and O–H groups in total. The number of hydrogen-bond acceptors (Lipinski definition) is 16.